The summed E-state index contributed by atoms with van der Waals surface area (Å²) in [5.74, 6) is 0. The molecule has 1 fully saturated rings. The number of sulfone groups is 1. The van der Waals surface area contributed by atoms with Gasteiger partial charge in [-0.2, -0.15) is 0 Å². The second-order valence-electron chi connectivity index (χ2n) is 3.86. The topological polar surface area (TPSA) is 54.4 Å². The van der Waals surface area contributed by atoms with Crippen molar-refractivity contribution in [2.45, 2.75) is 36.0 Å². The van der Waals surface area contributed by atoms with Crippen molar-refractivity contribution in [3.63, 3.8) is 0 Å². The first-order valence-corrected chi connectivity index (χ1v) is 6.63. The lowest BCUT2D eigenvalue weighted by atomic mass is 10.00. The number of aliphatic hydroxyl groups is 1. The van der Waals surface area contributed by atoms with Crippen LogP contribution in [0.1, 0.15) is 24.8 Å². The van der Waals surface area contributed by atoms with E-state index in [-0.39, 0.29) is 11.9 Å². The van der Waals surface area contributed by atoms with Crippen LogP contribution in [0.5, 0.6) is 0 Å². The first-order valence-electron chi connectivity index (χ1n) is 5.09. The highest BCUT2D eigenvalue weighted by Crippen LogP contribution is 2.32. The zero-order chi connectivity index (χ0) is 10.9. The molecule has 82 valence electrons. The van der Waals surface area contributed by atoms with Crippen molar-refractivity contribution in [2.24, 2.45) is 0 Å². The maximum atomic E-state index is 12.1. The molecule has 2 rings (SSSR count). The fraction of sp³-hybridized carbons (Fsp3) is 0.455. The van der Waals surface area contributed by atoms with Crippen LogP contribution >= 0.6 is 0 Å². The van der Waals surface area contributed by atoms with E-state index in [4.69, 9.17) is 5.11 Å². The lowest BCUT2D eigenvalue weighted by molar-refractivity contribution is 0.278. The SMILES string of the molecule is O=S(=O)(c1ccccc1CO)C1CCC1. The van der Waals surface area contributed by atoms with Gasteiger partial charge in [0.05, 0.1) is 16.8 Å². The van der Waals surface area contributed by atoms with Crippen LogP contribution in [0.2, 0.25) is 0 Å². The molecule has 0 bridgehead atoms. The summed E-state index contributed by atoms with van der Waals surface area (Å²) < 4.78 is 24.2. The van der Waals surface area contributed by atoms with Gasteiger partial charge in [0.2, 0.25) is 0 Å². The van der Waals surface area contributed by atoms with Gasteiger partial charge in [-0.1, -0.05) is 24.6 Å². The van der Waals surface area contributed by atoms with Gasteiger partial charge in [-0.25, -0.2) is 8.42 Å². The second kappa shape index (κ2) is 3.94. The number of benzene rings is 1. The standard InChI is InChI=1S/C11H14O3S/c12-8-9-4-1-2-7-11(9)15(13,14)10-5-3-6-10/h1-2,4,7,10,12H,3,5-6,8H2. The molecule has 1 saturated carbocycles. The molecule has 1 aromatic rings. The van der Waals surface area contributed by atoms with Gasteiger partial charge >= 0.3 is 0 Å². The van der Waals surface area contributed by atoms with Crippen LogP contribution < -0.4 is 0 Å². The molecule has 1 aliphatic rings. The zero-order valence-corrected chi connectivity index (χ0v) is 9.20. The largest absolute Gasteiger partial charge is 0.392 e. The number of hydrogen-bond donors (Lipinski definition) is 1. The summed E-state index contributed by atoms with van der Waals surface area (Å²) in [5, 5.41) is 8.86. The van der Waals surface area contributed by atoms with Crippen LogP contribution in [0.3, 0.4) is 0 Å². The molecule has 1 N–H and O–H groups in total. The van der Waals surface area contributed by atoms with Gasteiger partial charge in [-0.05, 0) is 24.5 Å². The van der Waals surface area contributed by atoms with Gasteiger partial charge in [-0.3, -0.25) is 0 Å². The molecule has 4 heteroatoms. The highest BCUT2D eigenvalue weighted by atomic mass is 32.2. The molecule has 0 unspecified atom stereocenters. The molecular weight excluding hydrogens is 212 g/mol. The van der Waals surface area contributed by atoms with Gasteiger partial charge in [0.1, 0.15) is 0 Å². The first-order chi connectivity index (χ1) is 7.16. The minimum atomic E-state index is -3.20. The van der Waals surface area contributed by atoms with Crippen molar-refractivity contribution in [1.29, 1.82) is 0 Å². The zero-order valence-electron chi connectivity index (χ0n) is 8.39. The van der Waals surface area contributed by atoms with E-state index < -0.39 is 9.84 Å². The van der Waals surface area contributed by atoms with Crippen LogP contribution in [-0.4, -0.2) is 18.8 Å². The van der Waals surface area contributed by atoms with Crippen LogP contribution in [0, 0.1) is 0 Å². The maximum Gasteiger partial charge on any atom is 0.181 e. The van der Waals surface area contributed by atoms with Gasteiger partial charge in [0.25, 0.3) is 0 Å². The van der Waals surface area contributed by atoms with Gasteiger partial charge < -0.3 is 5.11 Å². The third kappa shape index (κ3) is 1.79. The van der Waals surface area contributed by atoms with Crippen molar-refractivity contribution >= 4 is 9.84 Å². The fourth-order valence-corrected chi connectivity index (χ4v) is 3.85. The minimum absolute atomic E-state index is 0.220. The number of rotatable bonds is 3. The van der Waals surface area contributed by atoms with Gasteiger partial charge in [0, 0.05) is 0 Å². The van der Waals surface area contributed by atoms with Gasteiger partial charge in [0.15, 0.2) is 9.84 Å². The molecule has 0 radical (unpaired) electrons. The predicted octanol–water partition coefficient (Wildman–Crippen LogP) is 1.51. The Labute approximate surface area is 89.7 Å². The maximum absolute atomic E-state index is 12.1. The molecule has 1 aliphatic carbocycles. The van der Waals surface area contributed by atoms with Gasteiger partial charge in [-0.15, -0.1) is 0 Å². The molecular formula is C11H14O3S. The monoisotopic (exact) mass is 226 g/mol. The Morgan fingerprint density at radius 1 is 1.27 bits per heavy atom. The highest BCUT2D eigenvalue weighted by Gasteiger charge is 2.33. The quantitative estimate of drug-likeness (QED) is 0.850. The van der Waals surface area contributed by atoms with Crippen molar-refractivity contribution in [3.05, 3.63) is 29.8 Å². The average molecular weight is 226 g/mol. The molecule has 0 amide bonds. The third-order valence-corrected chi connectivity index (χ3v) is 5.30. The Morgan fingerprint density at radius 3 is 2.47 bits per heavy atom. The summed E-state index contributed by atoms with van der Waals surface area (Å²) in [7, 11) is -3.20. The van der Waals surface area contributed by atoms with Crippen LogP contribution in [0.15, 0.2) is 29.2 Å². The lowest BCUT2D eigenvalue weighted by Crippen LogP contribution is -2.29. The third-order valence-electron chi connectivity index (χ3n) is 2.94. The van der Waals surface area contributed by atoms with Crippen molar-refractivity contribution in [1.82, 2.24) is 0 Å². The summed E-state index contributed by atoms with van der Waals surface area (Å²) in [6, 6.07) is 6.68. The Bertz CT molecular complexity index is 447. The molecule has 0 atom stereocenters. The molecule has 3 nitrogen and oxygen atoms in total. The van der Waals surface area contributed by atoms with E-state index in [1.807, 2.05) is 0 Å². The smallest absolute Gasteiger partial charge is 0.181 e. The summed E-state index contributed by atoms with van der Waals surface area (Å²) in [6.07, 6.45) is 2.50. The van der Waals surface area contributed by atoms with E-state index in [9.17, 15) is 8.42 Å². The van der Waals surface area contributed by atoms with E-state index in [0.717, 1.165) is 19.3 Å². The van der Waals surface area contributed by atoms with Crippen LogP contribution in [-0.2, 0) is 16.4 Å². The Hall–Kier alpha value is -0.870. The first kappa shape index (κ1) is 10.6. The number of hydrogen-bond acceptors (Lipinski definition) is 3. The fourth-order valence-electron chi connectivity index (χ4n) is 1.77. The molecule has 0 aliphatic heterocycles. The normalized spacial score (nSPS) is 17.4. The van der Waals surface area contributed by atoms with Crippen molar-refractivity contribution in [2.75, 3.05) is 0 Å². The number of aliphatic hydroxyl groups excluding tert-OH is 1. The minimum Gasteiger partial charge on any atom is -0.392 e. The Morgan fingerprint density at radius 2 is 1.93 bits per heavy atom. The average Bonchev–Trinajstić information content (AvgIpc) is 2.14. The lowest BCUT2D eigenvalue weighted by Gasteiger charge is -2.26. The van der Waals surface area contributed by atoms with Crippen LogP contribution in [0.25, 0.3) is 0 Å². The summed E-state index contributed by atoms with van der Waals surface area (Å²) >= 11 is 0. The summed E-state index contributed by atoms with van der Waals surface area (Å²) in [5.41, 5.74) is 0.504. The molecule has 15 heavy (non-hydrogen) atoms. The highest BCUT2D eigenvalue weighted by molar-refractivity contribution is 7.92. The van der Waals surface area contributed by atoms with Crippen LogP contribution in [0.4, 0.5) is 0 Å². The van der Waals surface area contributed by atoms with E-state index in [2.05, 4.69) is 0 Å². The van der Waals surface area contributed by atoms with Crippen molar-refractivity contribution < 1.29 is 13.5 Å². The Balaban J connectivity index is 2.43. The molecule has 0 heterocycles. The molecule has 1 aromatic carbocycles. The van der Waals surface area contributed by atoms with Crippen molar-refractivity contribution in [3.8, 4) is 0 Å². The molecule has 0 aromatic heterocycles. The summed E-state index contributed by atoms with van der Waals surface area (Å²) in [6.45, 7) is -0.220. The van der Waals surface area contributed by atoms with E-state index in [1.165, 1.54) is 0 Å². The van der Waals surface area contributed by atoms with E-state index >= 15 is 0 Å². The summed E-state index contributed by atoms with van der Waals surface area (Å²) in [4.78, 5) is 0.303. The molecule has 0 spiro atoms. The van der Waals surface area contributed by atoms with E-state index in [0.29, 0.717) is 10.5 Å². The van der Waals surface area contributed by atoms with E-state index in [1.54, 1.807) is 24.3 Å². The molecule has 0 saturated heterocycles. The Kier molecular flexibility index (Phi) is 2.80. The predicted molar refractivity (Wildman–Crippen MR) is 57.2 cm³/mol. The second-order valence-corrected chi connectivity index (χ2v) is 6.06.